The summed E-state index contributed by atoms with van der Waals surface area (Å²) in [6, 6.07) is 7.69. The zero-order valence-electron chi connectivity index (χ0n) is 6.67. The fourth-order valence-electron chi connectivity index (χ4n) is 0.924. The second-order valence-corrected chi connectivity index (χ2v) is 2.65. The van der Waals surface area contributed by atoms with Gasteiger partial charge in [0.2, 0.25) is 0 Å². The predicted molar refractivity (Wildman–Crippen MR) is 40.1 cm³/mol. The first kappa shape index (κ1) is 9.64. The lowest BCUT2D eigenvalue weighted by molar-refractivity contribution is -0.329. The predicted octanol–water partition coefficient (Wildman–Crippen LogP) is 0.614. The zero-order chi connectivity index (χ0) is 9.90. The van der Waals surface area contributed by atoms with Gasteiger partial charge < -0.3 is 9.90 Å². The van der Waals surface area contributed by atoms with E-state index >= 15 is 0 Å². The number of halogens is 2. The van der Waals surface area contributed by atoms with E-state index in [0.29, 0.717) is 0 Å². The van der Waals surface area contributed by atoms with Crippen LogP contribution in [-0.4, -0.2) is 11.9 Å². The van der Waals surface area contributed by atoms with Crippen molar-refractivity contribution in [3.8, 4) is 0 Å². The molecule has 0 amide bonds. The van der Waals surface area contributed by atoms with Crippen molar-refractivity contribution in [2.45, 2.75) is 12.3 Å². The molecule has 4 heteroatoms. The Kier molecular flexibility index (Phi) is 2.60. The largest absolute Gasteiger partial charge is 0.544 e. The van der Waals surface area contributed by atoms with E-state index in [2.05, 4.69) is 0 Å². The smallest absolute Gasteiger partial charge is 0.291 e. The minimum atomic E-state index is -3.79. The van der Waals surface area contributed by atoms with Gasteiger partial charge in [-0.05, 0) is 5.56 Å². The highest BCUT2D eigenvalue weighted by Crippen LogP contribution is 2.18. The number of carboxylic acid groups (broad SMARTS) is 1. The lowest BCUT2D eigenvalue weighted by Gasteiger charge is -2.16. The third-order valence-corrected chi connectivity index (χ3v) is 1.57. The highest BCUT2D eigenvalue weighted by atomic mass is 19.3. The third kappa shape index (κ3) is 2.50. The minimum Gasteiger partial charge on any atom is -0.544 e. The van der Waals surface area contributed by atoms with Crippen molar-refractivity contribution in [1.29, 1.82) is 0 Å². The number of benzene rings is 1. The van der Waals surface area contributed by atoms with E-state index in [1.807, 2.05) is 0 Å². The van der Waals surface area contributed by atoms with Gasteiger partial charge >= 0.3 is 0 Å². The normalized spacial score (nSPS) is 11.2. The molecule has 0 saturated carbocycles. The summed E-state index contributed by atoms with van der Waals surface area (Å²) in [5, 5.41) is 9.96. The van der Waals surface area contributed by atoms with E-state index in [9.17, 15) is 18.7 Å². The lowest BCUT2D eigenvalue weighted by Crippen LogP contribution is -2.42. The first-order valence-corrected chi connectivity index (χ1v) is 3.65. The second-order valence-electron chi connectivity index (χ2n) is 2.65. The van der Waals surface area contributed by atoms with E-state index < -0.39 is 18.3 Å². The summed E-state index contributed by atoms with van der Waals surface area (Å²) in [4.78, 5) is 9.96. The standard InChI is InChI=1S/C9H8F2O2/c10-9(11,8(12)13)6-7-4-2-1-3-5-7/h1-5H,6H2,(H,12,13)/p-1. The first-order chi connectivity index (χ1) is 6.02. The number of rotatable bonds is 3. The maximum atomic E-state index is 12.6. The molecule has 0 N–H and O–H groups in total. The first-order valence-electron chi connectivity index (χ1n) is 3.65. The van der Waals surface area contributed by atoms with Crippen LogP contribution in [-0.2, 0) is 11.2 Å². The van der Waals surface area contributed by atoms with Crippen LogP contribution in [0.3, 0.4) is 0 Å². The number of carbonyl (C=O) groups is 1. The maximum absolute atomic E-state index is 12.6. The molecule has 0 fully saturated rings. The SMILES string of the molecule is O=C([O-])C(F)(F)Cc1ccccc1. The molecule has 2 nitrogen and oxygen atoms in total. The van der Waals surface area contributed by atoms with Crippen LogP contribution >= 0.6 is 0 Å². The van der Waals surface area contributed by atoms with Gasteiger partial charge in [0.25, 0.3) is 5.92 Å². The summed E-state index contributed by atoms with van der Waals surface area (Å²) in [6.45, 7) is 0. The van der Waals surface area contributed by atoms with Gasteiger partial charge in [0.15, 0.2) is 0 Å². The number of alkyl halides is 2. The van der Waals surface area contributed by atoms with Crippen molar-refractivity contribution >= 4 is 5.97 Å². The summed E-state index contributed by atoms with van der Waals surface area (Å²) in [5.41, 5.74) is 0.275. The Bertz CT molecular complexity index is 296. The summed E-state index contributed by atoms with van der Waals surface area (Å²) in [5.74, 6) is -6.13. The van der Waals surface area contributed by atoms with E-state index in [1.165, 1.54) is 12.1 Å². The Hall–Kier alpha value is -1.45. The van der Waals surface area contributed by atoms with Crippen LogP contribution in [0.1, 0.15) is 5.56 Å². The molecule has 0 unspecified atom stereocenters. The van der Waals surface area contributed by atoms with E-state index in [0.717, 1.165) is 0 Å². The summed E-state index contributed by atoms with van der Waals surface area (Å²) in [7, 11) is 0. The van der Waals surface area contributed by atoms with Gasteiger partial charge in [-0.3, -0.25) is 0 Å². The van der Waals surface area contributed by atoms with Crippen LogP contribution in [0.25, 0.3) is 0 Å². The van der Waals surface area contributed by atoms with Gasteiger partial charge in [0.1, 0.15) is 5.97 Å². The number of aliphatic carboxylic acids is 1. The molecule has 0 aliphatic heterocycles. The quantitative estimate of drug-likeness (QED) is 0.692. The Morgan fingerprint density at radius 1 is 1.31 bits per heavy atom. The lowest BCUT2D eigenvalue weighted by atomic mass is 10.1. The molecule has 1 aromatic rings. The second kappa shape index (κ2) is 3.51. The number of carboxylic acids is 1. The van der Waals surface area contributed by atoms with E-state index in [4.69, 9.17) is 0 Å². The van der Waals surface area contributed by atoms with Crippen LogP contribution in [0.2, 0.25) is 0 Å². The van der Waals surface area contributed by atoms with Gasteiger partial charge in [-0.15, -0.1) is 0 Å². The summed E-state index contributed by atoms with van der Waals surface area (Å²) < 4.78 is 25.1. The van der Waals surface area contributed by atoms with Gasteiger partial charge in [-0.2, -0.15) is 8.78 Å². The number of carbonyl (C=O) groups excluding carboxylic acids is 1. The summed E-state index contributed by atoms with van der Waals surface area (Å²) in [6.07, 6.45) is -0.823. The van der Waals surface area contributed by atoms with E-state index in [1.54, 1.807) is 18.2 Å². The minimum absolute atomic E-state index is 0.275. The molecule has 0 radical (unpaired) electrons. The average molecular weight is 185 g/mol. The topological polar surface area (TPSA) is 40.1 Å². The molecule has 0 aliphatic carbocycles. The average Bonchev–Trinajstić information content (AvgIpc) is 2.05. The van der Waals surface area contributed by atoms with Crippen molar-refractivity contribution in [1.82, 2.24) is 0 Å². The molecule has 1 aromatic carbocycles. The molecular formula is C9H7F2O2-. The molecule has 0 bridgehead atoms. The maximum Gasteiger partial charge on any atom is 0.291 e. The molecule has 0 saturated heterocycles. The molecule has 1 rings (SSSR count). The van der Waals surface area contributed by atoms with Crippen LogP contribution in [0.5, 0.6) is 0 Å². The molecular weight excluding hydrogens is 178 g/mol. The Morgan fingerprint density at radius 3 is 2.31 bits per heavy atom. The van der Waals surface area contributed by atoms with E-state index in [-0.39, 0.29) is 5.56 Å². The third-order valence-electron chi connectivity index (χ3n) is 1.57. The Labute approximate surface area is 73.8 Å². The molecule has 0 aliphatic rings. The Balaban J connectivity index is 2.75. The van der Waals surface area contributed by atoms with Gasteiger partial charge in [-0.1, -0.05) is 30.3 Å². The van der Waals surface area contributed by atoms with Crippen LogP contribution in [0.4, 0.5) is 8.78 Å². The van der Waals surface area contributed by atoms with Crippen LogP contribution in [0.15, 0.2) is 30.3 Å². The highest BCUT2D eigenvalue weighted by Gasteiger charge is 2.30. The van der Waals surface area contributed by atoms with Crippen molar-refractivity contribution in [3.05, 3.63) is 35.9 Å². The molecule has 13 heavy (non-hydrogen) atoms. The summed E-state index contributed by atoms with van der Waals surface area (Å²) >= 11 is 0. The number of hydrogen-bond acceptors (Lipinski definition) is 2. The zero-order valence-corrected chi connectivity index (χ0v) is 6.67. The molecule has 70 valence electrons. The molecule has 0 aromatic heterocycles. The molecule has 0 heterocycles. The fourth-order valence-corrected chi connectivity index (χ4v) is 0.924. The van der Waals surface area contributed by atoms with Crippen molar-refractivity contribution in [2.24, 2.45) is 0 Å². The van der Waals surface area contributed by atoms with Crippen molar-refractivity contribution in [3.63, 3.8) is 0 Å². The van der Waals surface area contributed by atoms with Crippen LogP contribution < -0.4 is 5.11 Å². The molecule has 0 spiro atoms. The highest BCUT2D eigenvalue weighted by molar-refractivity contribution is 5.73. The van der Waals surface area contributed by atoms with Gasteiger partial charge in [-0.25, -0.2) is 0 Å². The Morgan fingerprint density at radius 2 is 1.85 bits per heavy atom. The monoisotopic (exact) mass is 185 g/mol. The van der Waals surface area contributed by atoms with Crippen molar-refractivity contribution in [2.75, 3.05) is 0 Å². The van der Waals surface area contributed by atoms with Gasteiger partial charge in [0, 0.05) is 6.42 Å². The molecule has 0 atom stereocenters. The van der Waals surface area contributed by atoms with Crippen LogP contribution in [0, 0.1) is 0 Å². The number of hydrogen-bond donors (Lipinski definition) is 0. The van der Waals surface area contributed by atoms with Crippen molar-refractivity contribution < 1.29 is 18.7 Å². The fraction of sp³-hybridized carbons (Fsp3) is 0.222. The van der Waals surface area contributed by atoms with Gasteiger partial charge in [0.05, 0.1) is 0 Å².